The third-order valence-corrected chi connectivity index (χ3v) is 4.00. The predicted octanol–water partition coefficient (Wildman–Crippen LogP) is 1.48. The van der Waals surface area contributed by atoms with E-state index in [-0.39, 0.29) is 5.78 Å². The second-order valence-corrected chi connectivity index (χ2v) is 5.30. The van der Waals surface area contributed by atoms with E-state index >= 15 is 0 Å². The van der Waals surface area contributed by atoms with Crippen molar-refractivity contribution >= 4 is 5.78 Å². The van der Waals surface area contributed by atoms with Crippen LogP contribution in [-0.2, 0) is 10.3 Å². The highest BCUT2D eigenvalue weighted by Gasteiger charge is 2.50. The first kappa shape index (κ1) is 13.7. The number of rotatable bonds is 2. The molecule has 4 nitrogen and oxygen atoms in total. The Morgan fingerprint density at radius 3 is 2.79 bits per heavy atom. The molecule has 0 amide bonds. The van der Waals surface area contributed by atoms with Crippen molar-refractivity contribution in [1.82, 2.24) is 5.32 Å². The van der Waals surface area contributed by atoms with Crippen molar-refractivity contribution in [2.75, 3.05) is 7.05 Å². The van der Waals surface area contributed by atoms with E-state index in [1.165, 1.54) is 0 Å². The molecule has 0 bridgehead atoms. The second kappa shape index (κ2) is 4.76. The zero-order chi connectivity index (χ0) is 14.1. The number of nitrogens with zero attached hydrogens (tertiary/aromatic N) is 1. The molecule has 0 aliphatic heterocycles. The fourth-order valence-corrected chi connectivity index (χ4v) is 2.90. The Hall–Kier alpha value is -1.70. The first-order valence-corrected chi connectivity index (χ1v) is 6.43. The van der Waals surface area contributed by atoms with Crippen LogP contribution < -0.4 is 5.32 Å². The molecule has 2 unspecified atom stereocenters. The maximum absolute atomic E-state index is 12.6. The van der Waals surface area contributed by atoms with Gasteiger partial charge in [-0.25, -0.2) is 0 Å². The van der Waals surface area contributed by atoms with Crippen LogP contribution in [0, 0.1) is 11.3 Å². The lowest BCUT2D eigenvalue weighted by molar-refractivity contribution is -0.148. The van der Waals surface area contributed by atoms with Crippen molar-refractivity contribution in [3.63, 3.8) is 0 Å². The topological polar surface area (TPSA) is 73.1 Å². The summed E-state index contributed by atoms with van der Waals surface area (Å²) in [7, 11) is 1.72. The Balaban J connectivity index is 2.53. The monoisotopic (exact) mass is 258 g/mol. The van der Waals surface area contributed by atoms with Gasteiger partial charge in [0, 0.05) is 0 Å². The molecule has 1 aliphatic carbocycles. The zero-order valence-electron chi connectivity index (χ0n) is 11.2. The number of Topliss-reactive ketones (excluding diaryl/α,β-unsaturated/α-hetero) is 1. The van der Waals surface area contributed by atoms with Crippen molar-refractivity contribution in [3.8, 4) is 6.07 Å². The van der Waals surface area contributed by atoms with Gasteiger partial charge in [0.1, 0.15) is 11.1 Å². The third-order valence-electron chi connectivity index (χ3n) is 4.00. The summed E-state index contributed by atoms with van der Waals surface area (Å²) in [4.78, 5) is 12.6. The standard InChI is InChI=1S/C15H18N2O2/c1-14(19)7-4-8-15(17-2,13(14)18)12-6-3-5-11(9-12)10-16/h3,5-6,9,17,19H,4,7-8H2,1-2H3. The summed E-state index contributed by atoms with van der Waals surface area (Å²) in [5, 5.41) is 22.3. The number of nitrogens with one attached hydrogen (secondary N) is 1. The Labute approximate surface area is 113 Å². The van der Waals surface area contributed by atoms with Crippen molar-refractivity contribution in [1.29, 1.82) is 5.26 Å². The van der Waals surface area contributed by atoms with E-state index in [0.29, 0.717) is 18.4 Å². The van der Waals surface area contributed by atoms with Gasteiger partial charge in [0.15, 0.2) is 5.78 Å². The van der Waals surface area contributed by atoms with Gasteiger partial charge in [0.2, 0.25) is 0 Å². The summed E-state index contributed by atoms with van der Waals surface area (Å²) < 4.78 is 0. The van der Waals surface area contributed by atoms with Crippen LogP contribution in [0.5, 0.6) is 0 Å². The lowest BCUT2D eigenvalue weighted by Gasteiger charge is -2.42. The minimum absolute atomic E-state index is 0.219. The van der Waals surface area contributed by atoms with Crippen LogP contribution in [0.3, 0.4) is 0 Å². The van der Waals surface area contributed by atoms with Crippen LogP contribution in [0.2, 0.25) is 0 Å². The number of aliphatic hydroxyl groups is 1. The summed E-state index contributed by atoms with van der Waals surface area (Å²) in [5.74, 6) is -0.219. The molecule has 0 spiro atoms. The third kappa shape index (κ3) is 2.16. The van der Waals surface area contributed by atoms with Gasteiger partial charge in [0.25, 0.3) is 0 Å². The van der Waals surface area contributed by atoms with Gasteiger partial charge >= 0.3 is 0 Å². The molecule has 1 fully saturated rings. The van der Waals surface area contributed by atoms with Crippen LogP contribution in [-0.4, -0.2) is 23.5 Å². The fraction of sp³-hybridized carbons (Fsp3) is 0.467. The summed E-state index contributed by atoms with van der Waals surface area (Å²) in [6, 6.07) is 9.10. The molecule has 19 heavy (non-hydrogen) atoms. The largest absolute Gasteiger partial charge is 0.382 e. The molecule has 2 rings (SSSR count). The predicted molar refractivity (Wildman–Crippen MR) is 71.4 cm³/mol. The van der Waals surface area contributed by atoms with Crippen molar-refractivity contribution in [2.45, 2.75) is 37.3 Å². The SMILES string of the molecule is CNC1(c2cccc(C#N)c2)CCCC(C)(O)C1=O. The molecule has 0 heterocycles. The summed E-state index contributed by atoms with van der Waals surface area (Å²) in [6.45, 7) is 1.56. The van der Waals surface area contributed by atoms with Gasteiger partial charge in [-0.2, -0.15) is 5.26 Å². The minimum Gasteiger partial charge on any atom is -0.382 e. The van der Waals surface area contributed by atoms with Crippen LogP contribution in [0.15, 0.2) is 24.3 Å². The average molecular weight is 258 g/mol. The number of hydrogen-bond acceptors (Lipinski definition) is 4. The van der Waals surface area contributed by atoms with E-state index in [4.69, 9.17) is 5.26 Å². The fourth-order valence-electron chi connectivity index (χ4n) is 2.90. The molecule has 100 valence electrons. The number of ketones is 1. The average Bonchev–Trinajstić information content (AvgIpc) is 2.42. The number of likely N-dealkylation sites (N-methyl/N-ethyl adjacent to an activating group) is 1. The first-order valence-electron chi connectivity index (χ1n) is 6.43. The summed E-state index contributed by atoms with van der Waals surface area (Å²) in [6.07, 6.45) is 1.87. The smallest absolute Gasteiger partial charge is 0.188 e. The molecular weight excluding hydrogens is 240 g/mol. The first-order chi connectivity index (χ1) is 8.96. The second-order valence-electron chi connectivity index (χ2n) is 5.30. The highest BCUT2D eigenvalue weighted by atomic mass is 16.3. The molecule has 0 radical (unpaired) electrons. The van der Waals surface area contributed by atoms with Crippen molar-refractivity contribution in [2.24, 2.45) is 0 Å². The van der Waals surface area contributed by atoms with Gasteiger partial charge in [-0.15, -0.1) is 0 Å². The Kier molecular flexibility index (Phi) is 3.44. The van der Waals surface area contributed by atoms with E-state index in [9.17, 15) is 9.90 Å². The van der Waals surface area contributed by atoms with E-state index in [1.54, 1.807) is 32.2 Å². The Morgan fingerprint density at radius 2 is 2.16 bits per heavy atom. The molecule has 0 saturated heterocycles. The van der Waals surface area contributed by atoms with E-state index in [2.05, 4.69) is 11.4 Å². The van der Waals surface area contributed by atoms with Gasteiger partial charge in [-0.05, 0) is 50.9 Å². The lowest BCUT2D eigenvalue weighted by Crippen LogP contribution is -2.59. The molecule has 1 aromatic carbocycles. The molecule has 2 N–H and O–H groups in total. The van der Waals surface area contributed by atoms with Crippen LogP contribution >= 0.6 is 0 Å². The van der Waals surface area contributed by atoms with Crippen LogP contribution in [0.25, 0.3) is 0 Å². The van der Waals surface area contributed by atoms with Crippen LogP contribution in [0.4, 0.5) is 0 Å². The summed E-state index contributed by atoms with van der Waals surface area (Å²) in [5.41, 5.74) is -0.942. The van der Waals surface area contributed by atoms with Crippen molar-refractivity contribution in [3.05, 3.63) is 35.4 Å². The highest BCUT2D eigenvalue weighted by molar-refractivity contribution is 5.96. The molecule has 2 atom stereocenters. The van der Waals surface area contributed by atoms with E-state index < -0.39 is 11.1 Å². The molecule has 4 heteroatoms. The summed E-state index contributed by atoms with van der Waals surface area (Å²) >= 11 is 0. The van der Waals surface area contributed by atoms with Gasteiger partial charge in [-0.3, -0.25) is 4.79 Å². The molecule has 1 saturated carbocycles. The number of benzene rings is 1. The van der Waals surface area contributed by atoms with Crippen molar-refractivity contribution < 1.29 is 9.90 Å². The maximum atomic E-state index is 12.6. The minimum atomic E-state index is -1.32. The number of nitriles is 1. The van der Waals surface area contributed by atoms with Gasteiger partial charge in [0.05, 0.1) is 11.6 Å². The van der Waals surface area contributed by atoms with Crippen LogP contribution in [0.1, 0.15) is 37.3 Å². The van der Waals surface area contributed by atoms with E-state index in [0.717, 1.165) is 12.0 Å². The molecule has 0 aromatic heterocycles. The van der Waals surface area contributed by atoms with Gasteiger partial charge < -0.3 is 10.4 Å². The molecule has 1 aromatic rings. The zero-order valence-corrected chi connectivity index (χ0v) is 11.2. The normalized spacial score (nSPS) is 30.9. The number of carbonyl (C=O) groups is 1. The lowest BCUT2D eigenvalue weighted by atomic mass is 9.69. The quantitative estimate of drug-likeness (QED) is 0.842. The maximum Gasteiger partial charge on any atom is 0.188 e. The molecule has 1 aliphatic rings. The number of carbonyl (C=O) groups excluding carboxylic acids is 1. The number of hydrogen-bond donors (Lipinski definition) is 2. The van der Waals surface area contributed by atoms with Gasteiger partial charge in [-0.1, -0.05) is 12.1 Å². The van der Waals surface area contributed by atoms with E-state index in [1.807, 2.05) is 6.07 Å². The Morgan fingerprint density at radius 1 is 1.42 bits per heavy atom. The Bertz CT molecular complexity index is 545. The highest BCUT2D eigenvalue weighted by Crippen LogP contribution is 2.38. The molecular formula is C15H18N2O2.